The van der Waals surface area contributed by atoms with E-state index in [4.69, 9.17) is 14.2 Å². The van der Waals surface area contributed by atoms with Gasteiger partial charge in [-0.2, -0.15) is 0 Å². The first-order valence-corrected chi connectivity index (χ1v) is 8.64. The smallest absolute Gasteiger partial charge is 0.279 e. The molecule has 2 amide bonds. The molecule has 28 heavy (non-hydrogen) atoms. The number of methoxy groups -OCH3 is 2. The van der Waals surface area contributed by atoms with Crippen LogP contribution in [0.15, 0.2) is 42.5 Å². The van der Waals surface area contributed by atoms with Crippen molar-refractivity contribution in [3.63, 3.8) is 0 Å². The van der Waals surface area contributed by atoms with Gasteiger partial charge in [0.25, 0.3) is 5.91 Å². The molecule has 0 aromatic heterocycles. The molecule has 0 unspecified atom stereocenters. The molecule has 2 aromatic carbocycles. The van der Waals surface area contributed by atoms with E-state index in [0.29, 0.717) is 23.7 Å². The van der Waals surface area contributed by atoms with Gasteiger partial charge in [-0.05, 0) is 55.3 Å². The molecule has 8 heteroatoms. The second-order valence-corrected chi connectivity index (χ2v) is 5.94. The van der Waals surface area contributed by atoms with Crippen LogP contribution in [0.3, 0.4) is 0 Å². The van der Waals surface area contributed by atoms with Crippen LogP contribution in [-0.2, 0) is 16.0 Å². The molecule has 7 nitrogen and oxygen atoms in total. The second-order valence-electron chi connectivity index (χ2n) is 5.94. The normalized spacial score (nSPS) is 11.3. The van der Waals surface area contributed by atoms with Gasteiger partial charge < -0.3 is 14.2 Å². The van der Waals surface area contributed by atoms with Gasteiger partial charge in [0.1, 0.15) is 11.6 Å². The van der Waals surface area contributed by atoms with Gasteiger partial charge in [0.15, 0.2) is 17.6 Å². The Labute approximate surface area is 162 Å². The van der Waals surface area contributed by atoms with Crippen molar-refractivity contribution in [1.29, 1.82) is 0 Å². The molecule has 0 saturated heterocycles. The van der Waals surface area contributed by atoms with Gasteiger partial charge in [-0.25, -0.2) is 4.39 Å². The van der Waals surface area contributed by atoms with Crippen LogP contribution in [-0.4, -0.2) is 32.1 Å². The molecular weight excluding hydrogens is 367 g/mol. The summed E-state index contributed by atoms with van der Waals surface area (Å²) in [6.45, 7) is 1.52. The summed E-state index contributed by atoms with van der Waals surface area (Å²) in [5.41, 5.74) is 5.55. The Morgan fingerprint density at radius 2 is 1.68 bits per heavy atom. The summed E-state index contributed by atoms with van der Waals surface area (Å²) in [6, 6.07) is 10.7. The highest BCUT2D eigenvalue weighted by molar-refractivity contribution is 5.84. The maximum absolute atomic E-state index is 12.9. The number of carbonyl (C=O) groups excluding carboxylic acids is 2. The minimum atomic E-state index is -0.864. The van der Waals surface area contributed by atoms with E-state index in [2.05, 4.69) is 10.9 Å². The van der Waals surface area contributed by atoms with E-state index in [0.717, 1.165) is 5.56 Å². The average Bonchev–Trinajstić information content (AvgIpc) is 2.71. The monoisotopic (exact) mass is 390 g/mol. The number of hydrazine groups is 1. The molecule has 150 valence electrons. The highest BCUT2D eigenvalue weighted by Gasteiger charge is 2.15. The standard InChI is InChI=1S/C20H23FN2O5/c1-13(28-16-8-6-15(21)7-9-16)20(25)23-22-19(24)11-5-14-4-10-17(26-2)18(12-14)27-3/h4,6-10,12-13H,5,11H2,1-3H3,(H,22,24)(H,23,25)/t13-/m0/s1. The highest BCUT2D eigenvalue weighted by atomic mass is 19.1. The van der Waals surface area contributed by atoms with Crippen LogP contribution in [0, 0.1) is 5.82 Å². The Morgan fingerprint density at radius 1 is 1.00 bits per heavy atom. The van der Waals surface area contributed by atoms with Crippen LogP contribution in [0.5, 0.6) is 17.2 Å². The molecule has 0 aliphatic carbocycles. The van der Waals surface area contributed by atoms with Crippen molar-refractivity contribution in [3.8, 4) is 17.2 Å². The van der Waals surface area contributed by atoms with Gasteiger partial charge in [0, 0.05) is 6.42 Å². The molecule has 0 aliphatic heterocycles. The Bertz CT molecular complexity index is 811. The average molecular weight is 390 g/mol. The zero-order chi connectivity index (χ0) is 20.5. The van der Waals surface area contributed by atoms with Gasteiger partial charge in [-0.15, -0.1) is 0 Å². The topological polar surface area (TPSA) is 85.9 Å². The molecule has 0 fully saturated rings. The fourth-order valence-corrected chi connectivity index (χ4v) is 2.36. The van der Waals surface area contributed by atoms with Crippen molar-refractivity contribution in [3.05, 3.63) is 53.8 Å². The first-order chi connectivity index (χ1) is 13.4. The number of ether oxygens (including phenoxy) is 3. The molecule has 1 atom stereocenters. The maximum Gasteiger partial charge on any atom is 0.279 e. The molecule has 0 aliphatic rings. The Balaban J connectivity index is 1.77. The van der Waals surface area contributed by atoms with Gasteiger partial charge in [0.05, 0.1) is 14.2 Å². The number of amides is 2. The lowest BCUT2D eigenvalue weighted by molar-refractivity contribution is -0.132. The Morgan fingerprint density at radius 3 is 2.32 bits per heavy atom. The third-order valence-corrected chi connectivity index (χ3v) is 3.91. The summed E-state index contributed by atoms with van der Waals surface area (Å²) < 4.78 is 28.7. The molecule has 0 heterocycles. The Hall–Kier alpha value is -3.29. The van der Waals surface area contributed by atoms with Gasteiger partial charge >= 0.3 is 0 Å². The Kier molecular flexibility index (Phi) is 7.62. The van der Waals surface area contributed by atoms with E-state index in [-0.39, 0.29) is 12.3 Å². The molecule has 0 spiro atoms. The van der Waals surface area contributed by atoms with E-state index in [9.17, 15) is 14.0 Å². The van der Waals surface area contributed by atoms with E-state index in [1.807, 2.05) is 6.07 Å². The summed E-state index contributed by atoms with van der Waals surface area (Å²) in [5, 5.41) is 0. The zero-order valence-electron chi connectivity index (χ0n) is 16.0. The van der Waals surface area contributed by atoms with Crippen molar-refractivity contribution < 1.29 is 28.2 Å². The number of hydrogen-bond acceptors (Lipinski definition) is 5. The van der Waals surface area contributed by atoms with Crippen molar-refractivity contribution in [1.82, 2.24) is 10.9 Å². The molecule has 2 N–H and O–H groups in total. The molecule has 0 radical (unpaired) electrons. The molecular formula is C20H23FN2O5. The number of hydrogen-bond donors (Lipinski definition) is 2. The number of carbonyl (C=O) groups is 2. The van der Waals surface area contributed by atoms with E-state index in [1.54, 1.807) is 26.4 Å². The van der Waals surface area contributed by atoms with Crippen LogP contribution in [0.4, 0.5) is 4.39 Å². The lowest BCUT2D eigenvalue weighted by Gasteiger charge is -2.15. The van der Waals surface area contributed by atoms with Crippen LogP contribution in [0.1, 0.15) is 18.9 Å². The SMILES string of the molecule is COc1ccc(CCC(=O)NNC(=O)[C@H](C)Oc2ccc(F)cc2)cc1OC. The largest absolute Gasteiger partial charge is 0.493 e. The van der Waals surface area contributed by atoms with E-state index < -0.39 is 17.8 Å². The first-order valence-electron chi connectivity index (χ1n) is 8.64. The first kappa shape index (κ1) is 21.0. The molecule has 2 aromatic rings. The fourth-order valence-electron chi connectivity index (χ4n) is 2.36. The van der Waals surface area contributed by atoms with Gasteiger partial charge in [0.2, 0.25) is 5.91 Å². The van der Waals surface area contributed by atoms with Crippen molar-refractivity contribution >= 4 is 11.8 Å². The van der Waals surface area contributed by atoms with Crippen molar-refractivity contribution in [2.24, 2.45) is 0 Å². The minimum Gasteiger partial charge on any atom is -0.493 e. The number of aryl methyl sites for hydroxylation is 1. The number of benzene rings is 2. The molecule has 2 rings (SSSR count). The van der Waals surface area contributed by atoms with E-state index >= 15 is 0 Å². The lowest BCUT2D eigenvalue weighted by atomic mass is 10.1. The third-order valence-electron chi connectivity index (χ3n) is 3.91. The summed E-state index contributed by atoms with van der Waals surface area (Å²) >= 11 is 0. The number of rotatable bonds is 8. The quantitative estimate of drug-likeness (QED) is 0.676. The van der Waals surface area contributed by atoms with Crippen molar-refractivity contribution in [2.75, 3.05) is 14.2 Å². The molecule has 0 saturated carbocycles. The predicted molar refractivity (Wildman–Crippen MR) is 101 cm³/mol. The highest BCUT2D eigenvalue weighted by Crippen LogP contribution is 2.27. The zero-order valence-corrected chi connectivity index (χ0v) is 16.0. The summed E-state index contributed by atoms with van der Waals surface area (Å²) in [7, 11) is 3.09. The van der Waals surface area contributed by atoms with E-state index in [1.165, 1.54) is 31.2 Å². The summed E-state index contributed by atoms with van der Waals surface area (Å²) in [6.07, 6.45) is -0.233. The van der Waals surface area contributed by atoms with Gasteiger partial charge in [-0.3, -0.25) is 20.4 Å². The van der Waals surface area contributed by atoms with Gasteiger partial charge in [-0.1, -0.05) is 6.07 Å². The lowest BCUT2D eigenvalue weighted by Crippen LogP contribution is -2.47. The number of nitrogens with one attached hydrogen (secondary N) is 2. The number of halogens is 1. The summed E-state index contributed by atoms with van der Waals surface area (Å²) in [4.78, 5) is 23.9. The van der Waals surface area contributed by atoms with Crippen LogP contribution in [0.2, 0.25) is 0 Å². The van der Waals surface area contributed by atoms with Crippen LogP contribution in [0.25, 0.3) is 0 Å². The van der Waals surface area contributed by atoms with Crippen LogP contribution < -0.4 is 25.1 Å². The fraction of sp³-hybridized carbons (Fsp3) is 0.300. The summed E-state index contributed by atoms with van der Waals surface area (Å²) in [5.74, 6) is 0.273. The third kappa shape index (κ3) is 6.15. The maximum atomic E-state index is 12.9. The van der Waals surface area contributed by atoms with Crippen molar-refractivity contribution in [2.45, 2.75) is 25.9 Å². The molecule has 0 bridgehead atoms. The second kappa shape index (κ2) is 10.1. The van der Waals surface area contributed by atoms with Crippen LogP contribution >= 0.6 is 0 Å². The predicted octanol–water partition coefficient (Wildman–Crippen LogP) is 2.39. The minimum absolute atomic E-state index is 0.170.